The maximum atomic E-state index is 12.2. The number of rotatable bonds is 4. The molecule has 3 nitrogen and oxygen atoms in total. The number of nitrogens with one attached hydrogen (secondary N) is 1. The highest BCUT2D eigenvalue weighted by molar-refractivity contribution is 7.27. The van der Waals surface area contributed by atoms with Crippen LogP contribution in [0.2, 0.25) is 0 Å². The SMILES string of the molecule is O=C(NCC1CCCCC1CO)c1cc2sccc2s1. The van der Waals surface area contributed by atoms with E-state index in [1.165, 1.54) is 22.2 Å². The van der Waals surface area contributed by atoms with Crippen molar-refractivity contribution in [1.29, 1.82) is 0 Å². The molecule has 2 aromatic heterocycles. The summed E-state index contributed by atoms with van der Waals surface area (Å²) in [5.74, 6) is 0.815. The highest BCUT2D eigenvalue weighted by Gasteiger charge is 2.25. The molecule has 20 heavy (non-hydrogen) atoms. The minimum atomic E-state index is 0.0284. The van der Waals surface area contributed by atoms with Gasteiger partial charge in [0.25, 0.3) is 5.91 Å². The van der Waals surface area contributed by atoms with Crippen LogP contribution in [0.5, 0.6) is 0 Å². The first-order valence-corrected chi connectivity index (χ1v) is 8.83. The van der Waals surface area contributed by atoms with Gasteiger partial charge in [0.1, 0.15) is 0 Å². The summed E-state index contributed by atoms with van der Waals surface area (Å²) in [5.41, 5.74) is 0. The van der Waals surface area contributed by atoms with Crippen LogP contribution in [-0.4, -0.2) is 24.2 Å². The van der Waals surface area contributed by atoms with E-state index in [0.717, 1.165) is 17.7 Å². The molecule has 0 spiro atoms. The van der Waals surface area contributed by atoms with Crippen LogP contribution < -0.4 is 5.32 Å². The van der Waals surface area contributed by atoms with Gasteiger partial charge in [-0.05, 0) is 42.2 Å². The smallest absolute Gasteiger partial charge is 0.261 e. The zero-order valence-electron chi connectivity index (χ0n) is 11.3. The quantitative estimate of drug-likeness (QED) is 0.908. The van der Waals surface area contributed by atoms with E-state index in [1.807, 2.05) is 6.07 Å². The Labute approximate surface area is 126 Å². The molecular formula is C15H19NO2S2. The van der Waals surface area contributed by atoms with E-state index in [2.05, 4.69) is 16.8 Å². The molecule has 2 heterocycles. The van der Waals surface area contributed by atoms with E-state index in [4.69, 9.17) is 0 Å². The molecule has 2 atom stereocenters. The Hall–Kier alpha value is -0.910. The van der Waals surface area contributed by atoms with E-state index in [9.17, 15) is 9.90 Å². The molecule has 1 saturated carbocycles. The van der Waals surface area contributed by atoms with Crippen LogP contribution in [0.1, 0.15) is 35.4 Å². The first-order valence-electron chi connectivity index (χ1n) is 7.14. The minimum absolute atomic E-state index is 0.0284. The molecule has 1 aliphatic carbocycles. The lowest BCUT2D eigenvalue weighted by Gasteiger charge is -2.30. The maximum Gasteiger partial charge on any atom is 0.261 e. The van der Waals surface area contributed by atoms with Gasteiger partial charge in [0.15, 0.2) is 0 Å². The summed E-state index contributed by atoms with van der Waals surface area (Å²) in [7, 11) is 0. The van der Waals surface area contributed by atoms with Crippen molar-refractivity contribution in [2.45, 2.75) is 25.7 Å². The van der Waals surface area contributed by atoms with Gasteiger partial charge in [-0.3, -0.25) is 4.79 Å². The fraction of sp³-hybridized carbons (Fsp3) is 0.533. The van der Waals surface area contributed by atoms with Crippen molar-refractivity contribution in [1.82, 2.24) is 5.32 Å². The Balaban J connectivity index is 1.59. The number of fused-ring (bicyclic) bond motifs is 1. The van der Waals surface area contributed by atoms with Crippen molar-refractivity contribution < 1.29 is 9.90 Å². The van der Waals surface area contributed by atoms with Crippen molar-refractivity contribution in [2.24, 2.45) is 11.8 Å². The average Bonchev–Trinajstić information content (AvgIpc) is 3.06. The van der Waals surface area contributed by atoms with Crippen LogP contribution in [0.4, 0.5) is 0 Å². The monoisotopic (exact) mass is 309 g/mol. The molecule has 2 N–H and O–H groups in total. The molecule has 108 valence electrons. The maximum absolute atomic E-state index is 12.2. The Morgan fingerprint density at radius 3 is 2.85 bits per heavy atom. The van der Waals surface area contributed by atoms with E-state index in [-0.39, 0.29) is 12.5 Å². The van der Waals surface area contributed by atoms with Crippen LogP contribution in [0.15, 0.2) is 17.5 Å². The number of amides is 1. The number of hydrogen-bond donors (Lipinski definition) is 2. The zero-order valence-corrected chi connectivity index (χ0v) is 12.9. The van der Waals surface area contributed by atoms with Crippen LogP contribution >= 0.6 is 22.7 Å². The van der Waals surface area contributed by atoms with Gasteiger partial charge < -0.3 is 10.4 Å². The van der Waals surface area contributed by atoms with Crippen LogP contribution in [0, 0.1) is 11.8 Å². The molecule has 0 saturated heterocycles. The van der Waals surface area contributed by atoms with Crippen molar-refractivity contribution in [3.8, 4) is 0 Å². The summed E-state index contributed by atoms with van der Waals surface area (Å²) in [5, 5.41) is 14.5. The highest BCUT2D eigenvalue weighted by Crippen LogP contribution is 2.31. The number of carbonyl (C=O) groups excluding carboxylic acids is 1. The van der Waals surface area contributed by atoms with Gasteiger partial charge in [-0.1, -0.05) is 12.8 Å². The molecular weight excluding hydrogens is 290 g/mol. The Morgan fingerprint density at radius 2 is 2.10 bits per heavy atom. The third kappa shape index (κ3) is 2.90. The second-order valence-corrected chi connectivity index (χ2v) is 7.49. The fourth-order valence-corrected chi connectivity index (χ4v) is 5.01. The first kappa shape index (κ1) is 14.0. The van der Waals surface area contributed by atoms with Gasteiger partial charge in [-0.25, -0.2) is 0 Å². The lowest BCUT2D eigenvalue weighted by atomic mass is 9.79. The van der Waals surface area contributed by atoms with Crippen molar-refractivity contribution >= 4 is 38.0 Å². The predicted molar refractivity (Wildman–Crippen MR) is 84.6 cm³/mol. The van der Waals surface area contributed by atoms with Gasteiger partial charge in [-0.15, -0.1) is 22.7 Å². The molecule has 3 rings (SSSR count). The molecule has 2 unspecified atom stereocenters. The molecule has 5 heteroatoms. The number of hydrogen-bond acceptors (Lipinski definition) is 4. The number of aliphatic hydroxyl groups excluding tert-OH is 1. The fourth-order valence-electron chi connectivity index (χ4n) is 2.98. The summed E-state index contributed by atoms with van der Waals surface area (Å²) < 4.78 is 2.37. The summed E-state index contributed by atoms with van der Waals surface area (Å²) >= 11 is 3.23. The molecule has 0 aliphatic heterocycles. The van der Waals surface area contributed by atoms with E-state index < -0.39 is 0 Å². The minimum Gasteiger partial charge on any atom is -0.396 e. The van der Waals surface area contributed by atoms with Gasteiger partial charge >= 0.3 is 0 Å². The highest BCUT2D eigenvalue weighted by atomic mass is 32.1. The lowest BCUT2D eigenvalue weighted by Crippen LogP contribution is -2.35. The molecule has 0 aromatic carbocycles. The van der Waals surface area contributed by atoms with Gasteiger partial charge in [-0.2, -0.15) is 0 Å². The molecule has 1 fully saturated rings. The first-order chi connectivity index (χ1) is 9.78. The van der Waals surface area contributed by atoms with Crippen LogP contribution in [0.25, 0.3) is 9.40 Å². The standard InChI is InChI=1S/C15H19NO2S2/c17-9-11-4-2-1-3-10(11)8-16-15(18)14-7-13-12(20-14)5-6-19-13/h5-7,10-11,17H,1-4,8-9H2,(H,16,18). The number of thiophene rings is 2. The van der Waals surface area contributed by atoms with E-state index in [0.29, 0.717) is 18.4 Å². The largest absolute Gasteiger partial charge is 0.396 e. The Morgan fingerprint density at radius 1 is 1.30 bits per heavy atom. The molecule has 1 amide bonds. The van der Waals surface area contributed by atoms with Gasteiger partial charge in [0.05, 0.1) is 4.88 Å². The molecule has 0 bridgehead atoms. The normalized spacial score (nSPS) is 23.1. The van der Waals surface area contributed by atoms with E-state index in [1.54, 1.807) is 22.7 Å². The number of carbonyl (C=O) groups is 1. The molecule has 0 radical (unpaired) electrons. The van der Waals surface area contributed by atoms with Crippen LogP contribution in [-0.2, 0) is 0 Å². The van der Waals surface area contributed by atoms with Crippen LogP contribution in [0.3, 0.4) is 0 Å². The summed E-state index contributed by atoms with van der Waals surface area (Å²) in [4.78, 5) is 13.0. The number of aliphatic hydroxyl groups is 1. The average molecular weight is 309 g/mol. The second-order valence-electron chi connectivity index (χ2n) is 5.46. The van der Waals surface area contributed by atoms with E-state index >= 15 is 0 Å². The summed E-state index contributed by atoms with van der Waals surface area (Å²) in [6.45, 7) is 0.935. The van der Waals surface area contributed by atoms with Gasteiger partial charge in [0.2, 0.25) is 0 Å². The summed E-state index contributed by atoms with van der Waals surface area (Å²) in [6.07, 6.45) is 4.62. The predicted octanol–water partition coefficient (Wildman–Crippen LogP) is 3.49. The van der Waals surface area contributed by atoms with Crippen molar-refractivity contribution in [3.63, 3.8) is 0 Å². The van der Waals surface area contributed by atoms with Crippen molar-refractivity contribution in [3.05, 3.63) is 22.4 Å². The van der Waals surface area contributed by atoms with Crippen molar-refractivity contribution in [2.75, 3.05) is 13.2 Å². The zero-order chi connectivity index (χ0) is 13.9. The second kappa shape index (κ2) is 6.24. The summed E-state index contributed by atoms with van der Waals surface area (Å²) in [6, 6.07) is 4.04. The molecule has 1 aliphatic rings. The topological polar surface area (TPSA) is 49.3 Å². The Kier molecular flexibility index (Phi) is 4.38. The van der Waals surface area contributed by atoms with Gasteiger partial charge in [0, 0.05) is 22.6 Å². The molecule has 2 aromatic rings. The third-order valence-corrected chi connectivity index (χ3v) is 6.28. The lowest BCUT2D eigenvalue weighted by molar-refractivity contribution is 0.0913. The third-order valence-electron chi connectivity index (χ3n) is 4.19. The Bertz CT molecular complexity index is 561.